The van der Waals surface area contributed by atoms with Gasteiger partial charge < -0.3 is 0 Å². The van der Waals surface area contributed by atoms with Crippen molar-refractivity contribution in [2.24, 2.45) is 0 Å². The first-order valence-corrected chi connectivity index (χ1v) is 10.6. The number of fused-ring (bicyclic) bond motifs is 4. The van der Waals surface area contributed by atoms with Crippen LogP contribution in [-0.4, -0.2) is 11.6 Å². The summed E-state index contributed by atoms with van der Waals surface area (Å²) in [6.45, 7) is 0. The second-order valence-corrected chi connectivity index (χ2v) is 8.11. The zero-order chi connectivity index (χ0) is 21.7. The zero-order valence-electron chi connectivity index (χ0n) is 17.2. The molecule has 6 aromatic carbocycles. The SMILES string of the molecule is O=C(C(=O)c1cccc2cc3ccccc3cc12)c1cccc2cc3ccccc3cc12. The van der Waals surface area contributed by atoms with E-state index >= 15 is 0 Å². The first-order chi connectivity index (χ1) is 15.7. The van der Waals surface area contributed by atoms with E-state index in [0.29, 0.717) is 11.1 Å². The molecule has 0 aliphatic carbocycles. The van der Waals surface area contributed by atoms with Crippen molar-refractivity contribution in [1.29, 1.82) is 0 Å². The average molecular weight is 410 g/mol. The fourth-order valence-corrected chi connectivity index (χ4v) is 4.57. The fourth-order valence-electron chi connectivity index (χ4n) is 4.57. The molecule has 0 unspecified atom stereocenters. The number of hydrogen-bond acceptors (Lipinski definition) is 2. The highest BCUT2D eigenvalue weighted by molar-refractivity contribution is 6.52. The van der Waals surface area contributed by atoms with E-state index in [1.165, 1.54) is 0 Å². The van der Waals surface area contributed by atoms with Crippen molar-refractivity contribution in [3.63, 3.8) is 0 Å². The molecule has 6 rings (SSSR count). The smallest absolute Gasteiger partial charge is 0.234 e. The van der Waals surface area contributed by atoms with Gasteiger partial charge in [0, 0.05) is 11.1 Å². The molecule has 0 saturated carbocycles. The van der Waals surface area contributed by atoms with Crippen molar-refractivity contribution in [3.05, 3.63) is 120 Å². The molecule has 0 heterocycles. The van der Waals surface area contributed by atoms with Gasteiger partial charge in [0.15, 0.2) is 0 Å². The predicted octanol–water partition coefficient (Wildman–Crippen LogP) is 7.37. The van der Waals surface area contributed by atoms with E-state index in [0.717, 1.165) is 43.1 Å². The Bertz CT molecular complexity index is 1580. The number of Topliss-reactive ketones (excluding diaryl/α,β-unsaturated/α-hetero) is 2. The molecule has 32 heavy (non-hydrogen) atoms. The summed E-state index contributed by atoms with van der Waals surface area (Å²) in [6.07, 6.45) is 0. The van der Waals surface area contributed by atoms with Crippen LogP contribution < -0.4 is 0 Å². The van der Waals surface area contributed by atoms with Gasteiger partial charge in [-0.1, -0.05) is 84.9 Å². The Kier molecular flexibility index (Phi) is 4.12. The highest BCUT2D eigenvalue weighted by atomic mass is 16.2. The molecule has 150 valence electrons. The Balaban J connectivity index is 1.52. The normalized spacial score (nSPS) is 11.4. The number of carbonyl (C=O) groups is 2. The Morgan fingerprint density at radius 3 is 1.12 bits per heavy atom. The van der Waals surface area contributed by atoms with Gasteiger partial charge in [0.1, 0.15) is 0 Å². The van der Waals surface area contributed by atoms with Crippen molar-refractivity contribution in [3.8, 4) is 0 Å². The minimum atomic E-state index is -0.480. The summed E-state index contributed by atoms with van der Waals surface area (Å²) in [5.74, 6) is -0.960. The van der Waals surface area contributed by atoms with Crippen LogP contribution in [0.1, 0.15) is 20.7 Å². The van der Waals surface area contributed by atoms with E-state index in [-0.39, 0.29) is 0 Å². The van der Waals surface area contributed by atoms with E-state index in [1.807, 2.05) is 72.8 Å². The van der Waals surface area contributed by atoms with Crippen LogP contribution in [-0.2, 0) is 0 Å². The van der Waals surface area contributed by atoms with Crippen LogP contribution in [0.2, 0.25) is 0 Å². The summed E-state index contributed by atoms with van der Waals surface area (Å²) in [5, 5.41) is 7.81. The van der Waals surface area contributed by atoms with Crippen LogP contribution in [0.25, 0.3) is 43.1 Å². The van der Waals surface area contributed by atoms with Gasteiger partial charge >= 0.3 is 0 Å². The van der Waals surface area contributed by atoms with Crippen LogP contribution in [0.15, 0.2) is 109 Å². The topological polar surface area (TPSA) is 34.1 Å². The molecule has 0 fully saturated rings. The van der Waals surface area contributed by atoms with Gasteiger partial charge in [-0.05, 0) is 67.4 Å². The van der Waals surface area contributed by atoms with Crippen LogP contribution >= 0.6 is 0 Å². The maximum Gasteiger partial charge on any atom is 0.234 e. The van der Waals surface area contributed by atoms with Gasteiger partial charge in [-0.2, -0.15) is 0 Å². The second-order valence-electron chi connectivity index (χ2n) is 8.11. The van der Waals surface area contributed by atoms with E-state index in [2.05, 4.69) is 24.3 Å². The molecular weight excluding hydrogens is 392 g/mol. The van der Waals surface area contributed by atoms with Crippen molar-refractivity contribution >= 4 is 54.7 Å². The molecule has 2 heteroatoms. The van der Waals surface area contributed by atoms with Crippen LogP contribution in [0.4, 0.5) is 0 Å². The summed E-state index contributed by atoms with van der Waals surface area (Å²) in [6, 6.07) is 35.4. The first kappa shape index (κ1) is 18.5. The number of benzene rings is 6. The fraction of sp³-hybridized carbons (Fsp3) is 0. The van der Waals surface area contributed by atoms with Crippen molar-refractivity contribution in [1.82, 2.24) is 0 Å². The lowest BCUT2D eigenvalue weighted by Crippen LogP contribution is -2.15. The molecule has 6 aromatic rings. The number of rotatable bonds is 3. The van der Waals surface area contributed by atoms with E-state index in [4.69, 9.17) is 0 Å². The molecule has 0 atom stereocenters. The summed E-state index contributed by atoms with van der Waals surface area (Å²) in [7, 11) is 0. The van der Waals surface area contributed by atoms with E-state index in [9.17, 15) is 9.59 Å². The molecule has 0 N–H and O–H groups in total. The average Bonchev–Trinajstić information content (AvgIpc) is 2.84. The summed E-state index contributed by atoms with van der Waals surface area (Å²) >= 11 is 0. The molecule has 0 spiro atoms. The van der Waals surface area contributed by atoms with Gasteiger partial charge in [0.05, 0.1) is 0 Å². The molecule has 0 bridgehead atoms. The molecule has 0 radical (unpaired) electrons. The quantitative estimate of drug-likeness (QED) is 0.173. The Morgan fingerprint density at radius 1 is 0.375 bits per heavy atom. The van der Waals surface area contributed by atoms with Crippen LogP contribution in [0.3, 0.4) is 0 Å². The minimum Gasteiger partial charge on any atom is -0.285 e. The van der Waals surface area contributed by atoms with Gasteiger partial charge in [0.2, 0.25) is 11.6 Å². The number of carbonyl (C=O) groups excluding carboxylic acids is 2. The monoisotopic (exact) mass is 410 g/mol. The van der Waals surface area contributed by atoms with E-state index < -0.39 is 11.6 Å². The summed E-state index contributed by atoms with van der Waals surface area (Å²) in [5.41, 5.74) is 0.882. The van der Waals surface area contributed by atoms with Gasteiger partial charge in [-0.25, -0.2) is 0 Å². The third-order valence-electron chi connectivity index (χ3n) is 6.19. The molecule has 0 amide bonds. The second kappa shape index (κ2) is 7.14. The Labute approximate surface area is 184 Å². The molecule has 0 saturated heterocycles. The highest BCUT2D eigenvalue weighted by Crippen LogP contribution is 2.29. The third kappa shape index (κ3) is 2.89. The third-order valence-corrected chi connectivity index (χ3v) is 6.19. The summed E-state index contributed by atoms with van der Waals surface area (Å²) in [4.78, 5) is 26.9. The largest absolute Gasteiger partial charge is 0.285 e. The van der Waals surface area contributed by atoms with Crippen molar-refractivity contribution < 1.29 is 9.59 Å². The minimum absolute atomic E-state index is 0.441. The van der Waals surface area contributed by atoms with E-state index in [1.54, 1.807) is 12.1 Å². The highest BCUT2D eigenvalue weighted by Gasteiger charge is 2.22. The maximum absolute atomic E-state index is 13.5. The van der Waals surface area contributed by atoms with Crippen molar-refractivity contribution in [2.45, 2.75) is 0 Å². The van der Waals surface area contributed by atoms with Gasteiger partial charge in [0.25, 0.3) is 0 Å². The van der Waals surface area contributed by atoms with Crippen molar-refractivity contribution in [2.75, 3.05) is 0 Å². The molecule has 0 aliphatic rings. The lowest BCUT2D eigenvalue weighted by molar-refractivity contribution is 0.0819. The number of ketones is 2. The zero-order valence-corrected chi connectivity index (χ0v) is 17.2. The lowest BCUT2D eigenvalue weighted by Gasteiger charge is -2.10. The Hall–Kier alpha value is -4.30. The predicted molar refractivity (Wildman–Crippen MR) is 132 cm³/mol. The standard InChI is InChI=1S/C30H18O2/c31-29(25-13-5-11-23-15-19-7-1-3-9-21(19)17-27(23)25)30(32)26-14-6-12-24-16-20-8-2-4-10-22(20)18-28(24)26/h1-18H. The molecule has 0 aromatic heterocycles. The van der Waals surface area contributed by atoms with Gasteiger partial charge in [-0.15, -0.1) is 0 Å². The molecular formula is C30H18O2. The lowest BCUT2D eigenvalue weighted by atomic mass is 9.92. The first-order valence-electron chi connectivity index (χ1n) is 10.6. The Morgan fingerprint density at radius 2 is 0.719 bits per heavy atom. The summed E-state index contributed by atoms with van der Waals surface area (Å²) < 4.78 is 0. The van der Waals surface area contributed by atoms with Gasteiger partial charge in [-0.3, -0.25) is 9.59 Å². The maximum atomic E-state index is 13.5. The van der Waals surface area contributed by atoms with Crippen LogP contribution in [0.5, 0.6) is 0 Å². The molecule has 0 aliphatic heterocycles. The molecule has 2 nitrogen and oxygen atoms in total. The number of hydrogen-bond donors (Lipinski definition) is 0. The van der Waals surface area contributed by atoms with Crippen LogP contribution in [0, 0.1) is 0 Å².